The summed E-state index contributed by atoms with van der Waals surface area (Å²) in [7, 11) is -3.40. The Morgan fingerprint density at radius 2 is 1.95 bits per heavy atom. The maximum atomic E-state index is 12.0. The molecule has 1 aromatic carbocycles. The molecule has 4 N–H and O–H groups in total. The summed E-state index contributed by atoms with van der Waals surface area (Å²) in [6.07, 6.45) is 4.67. The Bertz CT molecular complexity index is 582. The largest absolute Gasteiger partial charge is 0.399 e. The van der Waals surface area contributed by atoms with Crippen LogP contribution in [0.3, 0.4) is 0 Å². The number of nitrogen functional groups attached to an aromatic ring is 1. The highest BCUT2D eigenvalue weighted by molar-refractivity contribution is 7.87. The van der Waals surface area contributed by atoms with Crippen LogP contribution in [0.4, 0.5) is 5.69 Å². The molecule has 2 aliphatic rings. The Morgan fingerprint density at radius 1 is 1.16 bits per heavy atom. The molecule has 1 atom stereocenters. The van der Waals surface area contributed by atoms with Gasteiger partial charge < -0.3 is 5.73 Å². The van der Waals surface area contributed by atoms with Gasteiger partial charge >= 0.3 is 0 Å². The minimum absolute atomic E-state index is 0.131. The minimum atomic E-state index is -3.40. The van der Waals surface area contributed by atoms with Crippen LogP contribution >= 0.6 is 0 Å². The van der Waals surface area contributed by atoms with E-state index in [2.05, 4.69) is 9.44 Å². The number of rotatable bonds is 4. The van der Waals surface area contributed by atoms with Gasteiger partial charge in [0, 0.05) is 17.8 Å². The van der Waals surface area contributed by atoms with Crippen LogP contribution in [0.1, 0.15) is 42.9 Å². The van der Waals surface area contributed by atoms with Crippen LogP contribution in [-0.4, -0.2) is 14.5 Å². The van der Waals surface area contributed by atoms with Gasteiger partial charge in [-0.05, 0) is 55.4 Å². The average Bonchev–Trinajstić information content (AvgIpc) is 3.11. The van der Waals surface area contributed by atoms with E-state index in [4.69, 9.17) is 5.73 Å². The monoisotopic (exact) mass is 281 g/mol. The van der Waals surface area contributed by atoms with Crippen molar-refractivity contribution in [3.63, 3.8) is 0 Å². The number of anilines is 1. The van der Waals surface area contributed by atoms with Gasteiger partial charge in [0.25, 0.3) is 10.2 Å². The van der Waals surface area contributed by atoms with Crippen molar-refractivity contribution >= 4 is 15.9 Å². The second-order valence-electron chi connectivity index (χ2n) is 5.42. The Hall–Kier alpha value is -1.11. The third-order valence-electron chi connectivity index (χ3n) is 3.68. The van der Waals surface area contributed by atoms with E-state index in [9.17, 15) is 8.42 Å². The molecule has 5 nitrogen and oxygen atoms in total. The summed E-state index contributed by atoms with van der Waals surface area (Å²) in [4.78, 5) is 0. The van der Waals surface area contributed by atoms with E-state index >= 15 is 0 Å². The fraction of sp³-hybridized carbons (Fsp3) is 0.538. The molecule has 0 amide bonds. The SMILES string of the molecule is Nc1ccc2c(c1)CCCC2NS(=O)(=O)NC1CC1. The standard InChI is InChI=1S/C13H19N3O2S/c14-10-4-7-12-9(8-10)2-1-3-13(12)16-19(17,18)15-11-5-6-11/h4,7-8,11,13,15-16H,1-3,5-6,14H2. The Labute approximate surface area is 113 Å². The van der Waals surface area contributed by atoms with E-state index in [0.717, 1.165) is 48.9 Å². The van der Waals surface area contributed by atoms with Crippen molar-refractivity contribution in [2.24, 2.45) is 0 Å². The normalized spacial score (nSPS) is 23.1. The average molecular weight is 281 g/mol. The number of nitrogens with two attached hydrogens (primary N) is 1. The Kier molecular flexibility index (Phi) is 3.24. The molecule has 3 rings (SSSR count). The maximum absolute atomic E-state index is 12.0. The van der Waals surface area contributed by atoms with E-state index in [0.29, 0.717) is 0 Å². The highest BCUT2D eigenvalue weighted by Crippen LogP contribution is 2.31. The van der Waals surface area contributed by atoms with Crippen molar-refractivity contribution in [3.05, 3.63) is 29.3 Å². The lowest BCUT2D eigenvalue weighted by Gasteiger charge is -2.26. The lowest BCUT2D eigenvalue weighted by atomic mass is 9.88. The van der Waals surface area contributed by atoms with Gasteiger partial charge in [0.1, 0.15) is 0 Å². The quantitative estimate of drug-likeness (QED) is 0.726. The van der Waals surface area contributed by atoms with Crippen LogP contribution in [0.2, 0.25) is 0 Å². The summed E-state index contributed by atoms with van der Waals surface area (Å²) in [6.45, 7) is 0. The predicted octanol–water partition coefficient (Wildman–Crippen LogP) is 1.23. The van der Waals surface area contributed by atoms with Crippen molar-refractivity contribution in [1.29, 1.82) is 0 Å². The van der Waals surface area contributed by atoms with Crippen LogP contribution in [0, 0.1) is 0 Å². The zero-order chi connectivity index (χ0) is 13.5. The van der Waals surface area contributed by atoms with Gasteiger partial charge in [0.05, 0.1) is 0 Å². The van der Waals surface area contributed by atoms with Crippen molar-refractivity contribution < 1.29 is 8.42 Å². The fourth-order valence-electron chi connectivity index (χ4n) is 2.60. The molecule has 0 bridgehead atoms. The van der Waals surface area contributed by atoms with Crippen LogP contribution in [0.15, 0.2) is 18.2 Å². The van der Waals surface area contributed by atoms with Crippen LogP contribution in [0.5, 0.6) is 0 Å². The van der Waals surface area contributed by atoms with Crippen LogP contribution in [0.25, 0.3) is 0 Å². The molecule has 2 aliphatic carbocycles. The molecular formula is C13H19N3O2S. The number of hydrogen-bond acceptors (Lipinski definition) is 3. The molecule has 1 fully saturated rings. The Morgan fingerprint density at radius 3 is 2.68 bits per heavy atom. The van der Waals surface area contributed by atoms with Gasteiger partial charge in [0.15, 0.2) is 0 Å². The zero-order valence-electron chi connectivity index (χ0n) is 10.7. The van der Waals surface area contributed by atoms with Gasteiger partial charge in [0.2, 0.25) is 0 Å². The summed E-state index contributed by atoms with van der Waals surface area (Å²) < 4.78 is 29.4. The van der Waals surface area contributed by atoms with E-state index < -0.39 is 10.2 Å². The molecule has 19 heavy (non-hydrogen) atoms. The van der Waals surface area contributed by atoms with Gasteiger partial charge in [-0.2, -0.15) is 17.9 Å². The molecule has 0 aliphatic heterocycles. The first-order valence-corrected chi connectivity index (χ1v) is 8.20. The molecule has 0 saturated heterocycles. The second kappa shape index (κ2) is 4.77. The number of nitrogens with one attached hydrogen (secondary N) is 2. The minimum Gasteiger partial charge on any atom is -0.399 e. The molecule has 0 spiro atoms. The molecule has 1 unspecified atom stereocenters. The summed E-state index contributed by atoms with van der Waals surface area (Å²) in [5.74, 6) is 0. The van der Waals surface area contributed by atoms with E-state index in [1.807, 2.05) is 18.2 Å². The zero-order valence-corrected chi connectivity index (χ0v) is 11.5. The molecule has 0 radical (unpaired) electrons. The summed E-state index contributed by atoms with van der Waals surface area (Å²) in [5.41, 5.74) is 8.73. The molecule has 1 saturated carbocycles. The van der Waals surface area contributed by atoms with Crippen LogP contribution in [-0.2, 0) is 16.6 Å². The predicted molar refractivity (Wildman–Crippen MR) is 74.7 cm³/mol. The number of hydrogen-bond donors (Lipinski definition) is 3. The molecule has 0 heterocycles. The number of benzene rings is 1. The van der Waals surface area contributed by atoms with E-state index in [1.165, 1.54) is 0 Å². The van der Waals surface area contributed by atoms with Gasteiger partial charge in [-0.3, -0.25) is 0 Å². The molecule has 104 valence electrons. The number of fused-ring (bicyclic) bond motifs is 1. The van der Waals surface area contributed by atoms with E-state index in [1.54, 1.807) is 0 Å². The van der Waals surface area contributed by atoms with Gasteiger partial charge in [-0.25, -0.2) is 0 Å². The molecule has 6 heteroatoms. The first kappa shape index (κ1) is 12.9. The smallest absolute Gasteiger partial charge is 0.277 e. The summed E-state index contributed by atoms with van der Waals surface area (Å²) in [6, 6.07) is 5.71. The first-order valence-electron chi connectivity index (χ1n) is 6.71. The topological polar surface area (TPSA) is 84.2 Å². The highest BCUT2D eigenvalue weighted by atomic mass is 32.2. The lowest BCUT2D eigenvalue weighted by molar-refractivity contribution is 0.500. The summed E-state index contributed by atoms with van der Waals surface area (Å²) >= 11 is 0. The lowest BCUT2D eigenvalue weighted by Crippen LogP contribution is -2.40. The maximum Gasteiger partial charge on any atom is 0.277 e. The van der Waals surface area contributed by atoms with Crippen molar-refractivity contribution in [2.75, 3.05) is 5.73 Å². The van der Waals surface area contributed by atoms with Crippen molar-refractivity contribution in [3.8, 4) is 0 Å². The third-order valence-corrected chi connectivity index (χ3v) is 4.92. The second-order valence-corrected chi connectivity index (χ2v) is 6.89. The van der Waals surface area contributed by atoms with Gasteiger partial charge in [-0.1, -0.05) is 6.07 Å². The van der Waals surface area contributed by atoms with Crippen molar-refractivity contribution in [1.82, 2.24) is 9.44 Å². The van der Waals surface area contributed by atoms with Gasteiger partial charge in [-0.15, -0.1) is 0 Å². The molecular weight excluding hydrogens is 262 g/mol. The van der Waals surface area contributed by atoms with Crippen LogP contribution < -0.4 is 15.2 Å². The molecule has 1 aromatic rings. The molecule has 0 aromatic heterocycles. The fourth-order valence-corrected chi connectivity index (χ4v) is 3.96. The Balaban J connectivity index is 1.79. The van der Waals surface area contributed by atoms with Crippen molar-refractivity contribution in [2.45, 2.75) is 44.2 Å². The first-order chi connectivity index (χ1) is 9.03. The third kappa shape index (κ3) is 3.08. The summed E-state index contributed by atoms with van der Waals surface area (Å²) in [5, 5.41) is 0. The van der Waals surface area contributed by atoms with E-state index in [-0.39, 0.29) is 12.1 Å². The number of aryl methyl sites for hydroxylation is 1. The highest BCUT2D eigenvalue weighted by Gasteiger charge is 2.30.